The summed E-state index contributed by atoms with van der Waals surface area (Å²) in [6, 6.07) is 29.4. The third-order valence-electron chi connectivity index (χ3n) is 7.55. The largest absolute Gasteiger partial charge is 0.494 e. The van der Waals surface area contributed by atoms with Gasteiger partial charge in [-0.05, 0) is 80.8 Å². The maximum absolute atomic E-state index is 14.5. The maximum Gasteiger partial charge on any atom is 0.264 e. The van der Waals surface area contributed by atoms with Crippen molar-refractivity contribution in [2.45, 2.75) is 51.6 Å². The summed E-state index contributed by atoms with van der Waals surface area (Å²) in [4.78, 5) is 29.7. The number of nitrogens with zero attached hydrogens (tertiary/aromatic N) is 2. The number of carbonyl (C=O) groups excluding carboxylic acids is 2. The molecule has 4 aromatic rings. The van der Waals surface area contributed by atoms with Crippen molar-refractivity contribution in [3.63, 3.8) is 0 Å². The first-order valence-corrected chi connectivity index (χ1v) is 16.6. The number of anilines is 1. The number of aryl methyl sites for hydroxylation is 2. The summed E-state index contributed by atoms with van der Waals surface area (Å²) in [6.45, 7) is 7.97. The summed E-state index contributed by atoms with van der Waals surface area (Å²) in [5.41, 5.74) is 3.92. The van der Waals surface area contributed by atoms with E-state index >= 15 is 0 Å². The zero-order chi connectivity index (χ0) is 32.4. The van der Waals surface area contributed by atoms with Gasteiger partial charge in [0.2, 0.25) is 11.8 Å². The van der Waals surface area contributed by atoms with Crippen molar-refractivity contribution in [2.75, 3.05) is 24.0 Å². The van der Waals surface area contributed by atoms with Crippen molar-refractivity contribution in [3.8, 4) is 5.75 Å². The van der Waals surface area contributed by atoms with Crippen LogP contribution in [0.25, 0.3) is 0 Å². The number of sulfonamides is 1. The normalized spacial score (nSPS) is 11.8. The highest BCUT2D eigenvalue weighted by Crippen LogP contribution is 2.27. The molecule has 45 heavy (non-hydrogen) atoms. The highest BCUT2D eigenvalue weighted by Gasteiger charge is 2.34. The number of nitrogens with one attached hydrogen (secondary N) is 1. The van der Waals surface area contributed by atoms with Gasteiger partial charge in [0.1, 0.15) is 18.3 Å². The van der Waals surface area contributed by atoms with E-state index < -0.39 is 28.5 Å². The Morgan fingerprint density at radius 3 is 2.09 bits per heavy atom. The fraction of sp³-hybridized carbons (Fsp3) is 0.278. The zero-order valence-electron chi connectivity index (χ0n) is 26.3. The Kier molecular flexibility index (Phi) is 11.4. The van der Waals surface area contributed by atoms with Crippen LogP contribution in [0.2, 0.25) is 0 Å². The highest BCUT2D eigenvalue weighted by molar-refractivity contribution is 7.92. The first-order chi connectivity index (χ1) is 21.6. The van der Waals surface area contributed by atoms with Gasteiger partial charge >= 0.3 is 0 Å². The molecular formula is C36H41N3O5S. The van der Waals surface area contributed by atoms with Gasteiger partial charge in [0.05, 0.1) is 17.2 Å². The first-order valence-electron chi connectivity index (χ1n) is 15.1. The summed E-state index contributed by atoms with van der Waals surface area (Å²) < 4.78 is 35.0. The Morgan fingerprint density at radius 2 is 1.47 bits per heavy atom. The first kappa shape index (κ1) is 33.3. The molecule has 0 saturated carbocycles. The Morgan fingerprint density at radius 1 is 0.822 bits per heavy atom. The van der Waals surface area contributed by atoms with Gasteiger partial charge in [-0.3, -0.25) is 13.9 Å². The predicted octanol–water partition coefficient (Wildman–Crippen LogP) is 5.67. The van der Waals surface area contributed by atoms with Gasteiger partial charge in [-0.25, -0.2) is 8.42 Å². The summed E-state index contributed by atoms with van der Waals surface area (Å²) >= 11 is 0. The van der Waals surface area contributed by atoms with Gasteiger partial charge in [-0.1, -0.05) is 72.3 Å². The van der Waals surface area contributed by atoms with Crippen molar-refractivity contribution in [3.05, 3.63) is 125 Å². The predicted molar refractivity (Wildman–Crippen MR) is 178 cm³/mol. The lowest BCUT2D eigenvalue weighted by Gasteiger charge is -2.34. The second-order valence-electron chi connectivity index (χ2n) is 10.8. The van der Waals surface area contributed by atoms with Crippen LogP contribution in [-0.2, 0) is 32.6 Å². The second kappa shape index (κ2) is 15.4. The number of benzene rings is 4. The topological polar surface area (TPSA) is 96.0 Å². The summed E-state index contributed by atoms with van der Waals surface area (Å²) in [7, 11) is -4.18. The molecule has 0 heterocycles. The average molecular weight is 628 g/mol. The minimum atomic E-state index is -4.18. The molecule has 9 heteroatoms. The molecule has 4 rings (SSSR count). The van der Waals surface area contributed by atoms with E-state index in [1.807, 2.05) is 82.3 Å². The molecule has 0 aliphatic carbocycles. The highest BCUT2D eigenvalue weighted by atomic mass is 32.2. The molecule has 8 nitrogen and oxygen atoms in total. The smallest absolute Gasteiger partial charge is 0.264 e. The van der Waals surface area contributed by atoms with E-state index in [2.05, 4.69) is 5.32 Å². The monoisotopic (exact) mass is 627 g/mol. The van der Waals surface area contributed by atoms with Crippen LogP contribution in [0.15, 0.2) is 108 Å². The molecule has 0 aliphatic rings. The molecule has 0 unspecified atom stereocenters. The van der Waals surface area contributed by atoms with Crippen LogP contribution in [0.3, 0.4) is 0 Å². The number of rotatable bonds is 14. The van der Waals surface area contributed by atoms with Gasteiger partial charge in [0.25, 0.3) is 10.0 Å². The summed E-state index contributed by atoms with van der Waals surface area (Å²) in [5.74, 6) is -0.229. The number of hydrogen-bond donors (Lipinski definition) is 1. The van der Waals surface area contributed by atoms with Crippen LogP contribution in [0.5, 0.6) is 5.75 Å². The Hall–Kier alpha value is -4.63. The van der Waals surface area contributed by atoms with Crippen LogP contribution in [0, 0.1) is 13.8 Å². The van der Waals surface area contributed by atoms with E-state index in [9.17, 15) is 18.0 Å². The van der Waals surface area contributed by atoms with Crippen LogP contribution in [0.4, 0.5) is 5.69 Å². The number of ether oxygens (including phenoxy) is 1. The summed E-state index contributed by atoms with van der Waals surface area (Å²) in [6.07, 6.45) is 0.262. The molecule has 0 aliphatic heterocycles. The molecule has 0 radical (unpaired) electrons. The molecular weight excluding hydrogens is 586 g/mol. The van der Waals surface area contributed by atoms with Crippen molar-refractivity contribution >= 4 is 27.5 Å². The van der Waals surface area contributed by atoms with Crippen molar-refractivity contribution in [2.24, 2.45) is 0 Å². The zero-order valence-corrected chi connectivity index (χ0v) is 27.1. The molecule has 236 valence electrons. The molecule has 1 atom stereocenters. The molecule has 2 amide bonds. The third kappa shape index (κ3) is 8.51. The number of carbonyl (C=O) groups is 2. The molecule has 4 aromatic carbocycles. The standard InChI is InChI=1S/C36H41N3O5S/c1-5-37-36(41)34(24-29-13-8-7-9-14-29)38(25-30-15-11-10-12-28(30)4)35(40)26-39(31-18-20-32(21-19-31)44-6-2)45(42,43)33-22-16-27(3)17-23-33/h7-23,34H,5-6,24-26H2,1-4H3,(H,37,41)/t34-/m1/s1. The molecule has 0 saturated heterocycles. The van der Waals surface area contributed by atoms with E-state index in [0.717, 1.165) is 26.6 Å². The van der Waals surface area contributed by atoms with Gasteiger partial charge in [0, 0.05) is 19.5 Å². The van der Waals surface area contributed by atoms with Gasteiger partial charge in [-0.2, -0.15) is 0 Å². The van der Waals surface area contributed by atoms with E-state index in [0.29, 0.717) is 24.6 Å². The second-order valence-corrected chi connectivity index (χ2v) is 12.7. The van der Waals surface area contributed by atoms with Crippen LogP contribution < -0.4 is 14.4 Å². The van der Waals surface area contributed by atoms with Crippen LogP contribution in [0.1, 0.15) is 36.1 Å². The Bertz CT molecular complexity index is 1670. The Balaban J connectivity index is 1.80. The van der Waals surface area contributed by atoms with E-state index in [-0.39, 0.29) is 23.8 Å². The average Bonchev–Trinajstić information content (AvgIpc) is 3.03. The van der Waals surface area contributed by atoms with Crippen LogP contribution in [-0.4, -0.2) is 50.9 Å². The van der Waals surface area contributed by atoms with Gasteiger partial charge in [-0.15, -0.1) is 0 Å². The van der Waals surface area contributed by atoms with Gasteiger partial charge < -0.3 is 15.0 Å². The SMILES string of the molecule is CCNC(=O)[C@@H](Cc1ccccc1)N(Cc1ccccc1C)C(=O)CN(c1ccc(OCC)cc1)S(=O)(=O)c1ccc(C)cc1. The number of likely N-dealkylation sites (N-methyl/N-ethyl adjacent to an activating group) is 1. The van der Waals surface area contributed by atoms with E-state index in [1.165, 1.54) is 17.0 Å². The van der Waals surface area contributed by atoms with Crippen LogP contribution >= 0.6 is 0 Å². The summed E-state index contributed by atoms with van der Waals surface area (Å²) in [5, 5.41) is 2.89. The molecule has 0 spiro atoms. The molecule has 0 bridgehead atoms. The lowest BCUT2D eigenvalue weighted by Crippen LogP contribution is -2.53. The number of hydrogen-bond acceptors (Lipinski definition) is 5. The van der Waals surface area contributed by atoms with Gasteiger partial charge in [0.15, 0.2) is 0 Å². The van der Waals surface area contributed by atoms with E-state index in [4.69, 9.17) is 4.74 Å². The van der Waals surface area contributed by atoms with Crippen molar-refractivity contribution in [1.29, 1.82) is 0 Å². The quantitative estimate of drug-likeness (QED) is 0.194. The van der Waals surface area contributed by atoms with E-state index in [1.54, 1.807) is 36.4 Å². The fourth-order valence-electron chi connectivity index (χ4n) is 5.06. The molecule has 0 fully saturated rings. The van der Waals surface area contributed by atoms with Crippen molar-refractivity contribution in [1.82, 2.24) is 10.2 Å². The molecule has 0 aromatic heterocycles. The van der Waals surface area contributed by atoms with Crippen molar-refractivity contribution < 1.29 is 22.7 Å². The Labute approximate surface area is 266 Å². The lowest BCUT2D eigenvalue weighted by atomic mass is 10.0. The fourth-order valence-corrected chi connectivity index (χ4v) is 6.47. The minimum Gasteiger partial charge on any atom is -0.494 e. The maximum atomic E-state index is 14.5. The molecule has 1 N–H and O–H groups in total. The minimum absolute atomic E-state index is 0.0600. The third-order valence-corrected chi connectivity index (χ3v) is 9.34. The lowest BCUT2D eigenvalue weighted by molar-refractivity contribution is -0.140. The number of amides is 2.